The van der Waals surface area contributed by atoms with E-state index in [4.69, 9.17) is 8.94 Å². The van der Waals surface area contributed by atoms with Crippen molar-refractivity contribution >= 4 is 18.3 Å². The monoisotopic (exact) mass is 354 g/mol. The highest BCUT2D eigenvalue weighted by atomic mass is 35.5. The summed E-state index contributed by atoms with van der Waals surface area (Å²) in [5, 5.41) is 10.2. The Bertz CT molecular complexity index is 609. The van der Waals surface area contributed by atoms with Gasteiger partial charge >= 0.3 is 0 Å². The van der Waals surface area contributed by atoms with Crippen LogP contribution in [0.15, 0.2) is 27.5 Å². The molecule has 1 fully saturated rings. The van der Waals surface area contributed by atoms with E-state index in [2.05, 4.69) is 20.8 Å². The normalized spacial score (nSPS) is 17.2. The first kappa shape index (κ1) is 18.5. The zero-order chi connectivity index (χ0) is 15.9. The Balaban J connectivity index is 0.00000208. The fourth-order valence-electron chi connectivity index (χ4n) is 2.76. The zero-order valence-corrected chi connectivity index (χ0v) is 14.3. The minimum atomic E-state index is 0. The molecular weight excluding hydrogens is 332 g/mol. The number of hydrogen-bond donors (Lipinski definition) is 2. The number of carbonyl (C=O) groups excluding carboxylic acids is 1. The Morgan fingerprint density at radius 3 is 3.12 bits per heavy atom. The summed E-state index contributed by atoms with van der Waals surface area (Å²) in [6.45, 7) is 2.91. The molecule has 24 heavy (non-hydrogen) atoms. The highest BCUT2D eigenvalue weighted by molar-refractivity contribution is 5.85. The Kier molecular flexibility index (Phi) is 7.27. The molecule has 2 N–H and O–H groups in total. The van der Waals surface area contributed by atoms with Crippen LogP contribution in [0.4, 0.5) is 0 Å². The van der Waals surface area contributed by atoms with Crippen molar-refractivity contribution < 1.29 is 13.7 Å². The second-order valence-electron chi connectivity index (χ2n) is 5.87. The quantitative estimate of drug-likeness (QED) is 0.791. The number of piperidine rings is 1. The number of aromatic nitrogens is 2. The summed E-state index contributed by atoms with van der Waals surface area (Å²) in [6, 6.07) is 1.77. The van der Waals surface area contributed by atoms with Crippen LogP contribution in [0.1, 0.15) is 31.6 Å². The van der Waals surface area contributed by atoms with Gasteiger partial charge in [0.1, 0.15) is 6.26 Å². The summed E-state index contributed by atoms with van der Waals surface area (Å²) >= 11 is 0. The van der Waals surface area contributed by atoms with E-state index >= 15 is 0 Å². The lowest BCUT2D eigenvalue weighted by Gasteiger charge is -2.22. The third-order valence-corrected chi connectivity index (χ3v) is 4.09. The van der Waals surface area contributed by atoms with Gasteiger partial charge < -0.3 is 19.6 Å². The maximum atomic E-state index is 11.9. The summed E-state index contributed by atoms with van der Waals surface area (Å²) in [5.41, 5.74) is 0.769. The van der Waals surface area contributed by atoms with Crippen LogP contribution < -0.4 is 10.6 Å². The van der Waals surface area contributed by atoms with Gasteiger partial charge in [0.05, 0.1) is 11.8 Å². The van der Waals surface area contributed by atoms with Gasteiger partial charge in [0.25, 0.3) is 0 Å². The number of hydrogen-bond acceptors (Lipinski definition) is 6. The number of nitrogens with zero attached hydrogens (tertiary/aromatic N) is 2. The van der Waals surface area contributed by atoms with Gasteiger partial charge in [-0.05, 0) is 44.3 Å². The van der Waals surface area contributed by atoms with E-state index in [1.54, 1.807) is 18.6 Å². The van der Waals surface area contributed by atoms with Crippen LogP contribution >= 0.6 is 12.4 Å². The molecule has 1 aliphatic rings. The highest BCUT2D eigenvalue weighted by Gasteiger charge is 2.14. The number of carbonyl (C=O) groups is 1. The summed E-state index contributed by atoms with van der Waals surface area (Å²) in [6.07, 6.45) is 7.43. The minimum Gasteiger partial charge on any atom is -0.472 e. The fraction of sp³-hybridized carbons (Fsp3) is 0.562. The van der Waals surface area contributed by atoms with Crippen molar-refractivity contribution in [2.24, 2.45) is 5.92 Å². The summed E-state index contributed by atoms with van der Waals surface area (Å²) < 4.78 is 10.1. The average Bonchev–Trinajstić information content (AvgIpc) is 3.25. The van der Waals surface area contributed by atoms with E-state index in [1.807, 2.05) is 0 Å². The van der Waals surface area contributed by atoms with Crippen LogP contribution in [-0.2, 0) is 11.2 Å². The molecule has 3 rings (SSSR count). The van der Waals surface area contributed by atoms with Crippen LogP contribution in [-0.4, -0.2) is 35.7 Å². The van der Waals surface area contributed by atoms with Gasteiger partial charge in [-0.1, -0.05) is 5.16 Å². The fourth-order valence-corrected chi connectivity index (χ4v) is 2.76. The summed E-state index contributed by atoms with van der Waals surface area (Å²) in [5.74, 6) is 1.65. The van der Waals surface area contributed by atoms with E-state index in [-0.39, 0.29) is 18.3 Å². The van der Waals surface area contributed by atoms with Crippen molar-refractivity contribution in [3.05, 3.63) is 24.5 Å². The molecule has 7 nitrogen and oxygen atoms in total. The Labute approximate surface area is 147 Å². The van der Waals surface area contributed by atoms with Crippen molar-refractivity contribution in [2.45, 2.75) is 32.1 Å². The molecular formula is C16H23ClN4O3. The smallest absolute Gasteiger partial charge is 0.227 e. The van der Waals surface area contributed by atoms with Crippen molar-refractivity contribution in [3.63, 3.8) is 0 Å². The Morgan fingerprint density at radius 1 is 1.46 bits per heavy atom. The van der Waals surface area contributed by atoms with Crippen molar-refractivity contribution in [2.75, 3.05) is 19.6 Å². The van der Waals surface area contributed by atoms with Crippen LogP contribution in [0.2, 0.25) is 0 Å². The lowest BCUT2D eigenvalue weighted by atomic mass is 9.96. The Hall–Kier alpha value is -1.86. The topological polar surface area (TPSA) is 93.2 Å². The second kappa shape index (κ2) is 9.44. The molecule has 0 saturated carbocycles. The number of halogens is 1. The lowest BCUT2D eigenvalue weighted by molar-refractivity contribution is -0.121. The molecule has 1 amide bonds. The van der Waals surface area contributed by atoms with E-state index in [0.717, 1.165) is 31.6 Å². The first-order chi connectivity index (χ1) is 11.3. The van der Waals surface area contributed by atoms with Crippen molar-refractivity contribution in [1.82, 2.24) is 20.8 Å². The third kappa shape index (κ3) is 5.35. The van der Waals surface area contributed by atoms with Crippen LogP contribution in [0.5, 0.6) is 0 Å². The first-order valence-corrected chi connectivity index (χ1v) is 8.14. The van der Waals surface area contributed by atoms with E-state index in [0.29, 0.717) is 30.5 Å². The SMILES string of the molecule is Cl.O=C(CCc1nc(-c2ccoc2)no1)NCCC1CCCNC1. The van der Waals surface area contributed by atoms with Crippen LogP contribution in [0.3, 0.4) is 0 Å². The molecule has 132 valence electrons. The van der Waals surface area contributed by atoms with Gasteiger partial charge in [-0.2, -0.15) is 4.98 Å². The number of rotatable bonds is 7. The number of amides is 1. The molecule has 0 radical (unpaired) electrons. The van der Waals surface area contributed by atoms with Gasteiger partial charge in [-0.25, -0.2) is 0 Å². The van der Waals surface area contributed by atoms with Gasteiger partial charge in [0, 0.05) is 19.4 Å². The zero-order valence-electron chi connectivity index (χ0n) is 13.5. The van der Waals surface area contributed by atoms with Crippen molar-refractivity contribution in [3.8, 4) is 11.4 Å². The maximum absolute atomic E-state index is 11.9. The van der Waals surface area contributed by atoms with Gasteiger partial charge in [0.15, 0.2) is 0 Å². The molecule has 1 saturated heterocycles. The molecule has 0 bridgehead atoms. The minimum absolute atomic E-state index is 0. The molecule has 2 aromatic heterocycles. The Morgan fingerprint density at radius 2 is 2.38 bits per heavy atom. The predicted octanol–water partition coefficient (Wildman–Crippen LogP) is 2.19. The molecule has 8 heteroatoms. The number of nitrogens with one attached hydrogen (secondary N) is 2. The number of aryl methyl sites for hydroxylation is 1. The summed E-state index contributed by atoms with van der Waals surface area (Å²) in [4.78, 5) is 16.1. The molecule has 1 aliphatic heterocycles. The molecule has 0 spiro atoms. The maximum Gasteiger partial charge on any atom is 0.227 e. The van der Waals surface area contributed by atoms with Crippen molar-refractivity contribution in [1.29, 1.82) is 0 Å². The largest absolute Gasteiger partial charge is 0.472 e. The molecule has 3 heterocycles. The van der Waals surface area contributed by atoms with Crippen LogP contribution in [0.25, 0.3) is 11.4 Å². The van der Waals surface area contributed by atoms with E-state index in [9.17, 15) is 4.79 Å². The number of furan rings is 1. The third-order valence-electron chi connectivity index (χ3n) is 4.09. The van der Waals surface area contributed by atoms with Gasteiger partial charge in [0.2, 0.25) is 17.6 Å². The molecule has 1 unspecified atom stereocenters. The van der Waals surface area contributed by atoms with E-state index < -0.39 is 0 Å². The second-order valence-corrected chi connectivity index (χ2v) is 5.87. The highest BCUT2D eigenvalue weighted by Crippen LogP contribution is 2.16. The molecule has 1 atom stereocenters. The predicted molar refractivity (Wildman–Crippen MR) is 90.8 cm³/mol. The van der Waals surface area contributed by atoms with Gasteiger partial charge in [-0.3, -0.25) is 4.79 Å². The first-order valence-electron chi connectivity index (χ1n) is 8.14. The van der Waals surface area contributed by atoms with Crippen LogP contribution in [0, 0.1) is 5.92 Å². The lowest BCUT2D eigenvalue weighted by Crippen LogP contribution is -2.33. The molecule has 2 aromatic rings. The molecule has 0 aromatic carbocycles. The van der Waals surface area contributed by atoms with E-state index in [1.165, 1.54) is 12.8 Å². The standard InChI is InChI=1S/C16H22N4O3.ClH/c21-14(18-8-5-12-2-1-7-17-10-12)3-4-15-19-16(20-23-15)13-6-9-22-11-13;/h6,9,11-12,17H,1-5,7-8,10H2,(H,18,21);1H. The summed E-state index contributed by atoms with van der Waals surface area (Å²) in [7, 11) is 0. The molecule has 0 aliphatic carbocycles. The average molecular weight is 355 g/mol. The van der Waals surface area contributed by atoms with Gasteiger partial charge in [-0.15, -0.1) is 12.4 Å².